The van der Waals surface area contributed by atoms with Crippen LogP contribution in [-0.4, -0.2) is 28.9 Å². The summed E-state index contributed by atoms with van der Waals surface area (Å²) in [5.74, 6) is 3.54. The summed E-state index contributed by atoms with van der Waals surface area (Å²) in [6.45, 7) is 5.10. The summed E-state index contributed by atoms with van der Waals surface area (Å²) in [5.41, 5.74) is 1.84. The number of aromatic nitrogens is 1. The van der Waals surface area contributed by atoms with Gasteiger partial charge in [-0.05, 0) is 97.7 Å². The lowest BCUT2D eigenvalue weighted by atomic mass is 9.47. The van der Waals surface area contributed by atoms with Crippen LogP contribution in [0.3, 0.4) is 0 Å². The third kappa shape index (κ3) is 2.91. The van der Waals surface area contributed by atoms with Crippen molar-refractivity contribution in [1.29, 1.82) is 0 Å². The van der Waals surface area contributed by atoms with E-state index in [1.807, 2.05) is 12.3 Å². The van der Waals surface area contributed by atoms with Crippen molar-refractivity contribution in [1.82, 2.24) is 9.88 Å². The molecule has 1 amide bonds. The van der Waals surface area contributed by atoms with Crippen molar-refractivity contribution >= 4 is 12.0 Å². The van der Waals surface area contributed by atoms with E-state index < -0.39 is 0 Å². The second kappa shape index (κ2) is 6.96. The number of likely N-dealkylation sites (tertiary alicyclic amines) is 1. The fourth-order valence-corrected chi connectivity index (χ4v) is 8.20. The van der Waals surface area contributed by atoms with E-state index in [2.05, 4.69) is 55.1 Å². The predicted molar refractivity (Wildman–Crippen MR) is 117 cm³/mol. The van der Waals surface area contributed by atoms with Crippen LogP contribution in [0, 0.1) is 34.5 Å². The second-order valence-electron chi connectivity index (χ2n) is 10.8. The molecular weight excluding hydrogens is 356 g/mol. The van der Waals surface area contributed by atoms with Crippen molar-refractivity contribution in [2.45, 2.75) is 71.3 Å². The summed E-state index contributed by atoms with van der Waals surface area (Å²) in [6, 6.07) is 6.63. The molecule has 0 bridgehead atoms. The smallest absolute Gasteiger partial charge is 0.222 e. The lowest BCUT2D eigenvalue weighted by Gasteiger charge is -2.61. The molecule has 3 nitrogen and oxygen atoms in total. The Bertz CT molecular complexity index is 804. The minimum atomic E-state index is 0.328. The Balaban J connectivity index is 1.38. The maximum atomic E-state index is 12.3. The van der Waals surface area contributed by atoms with E-state index in [-0.39, 0.29) is 0 Å². The zero-order valence-electron chi connectivity index (χ0n) is 18.3. The highest BCUT2D eigenvalue weighted by atomic mass is 16.2. The minimum Gasteiger partial charge on any atom is -0.342 e. The zero-order chi connectivity index (χ0) is 20.2. The summed E-state index contributed by atoms with van der Waals surface area (Å²) in [4.78, 5) is 18.9. The van der Waals surface area contributed by atoms with Crippen molar-refractivity contribution in [2.24, 2.45) is 34.5 Å². The van der Waals surface area contributed by atoms with Crippen LogP contribution < -0.4 is 0 Å². The number of amides is 1. The highest BCUT2D eigenvalue weighted by Crippen LogP contribution is 2.66. The Morgan fingerprint density at radius 2 is 1.86 bits per heavy atom. The number of allylic oxidation sites excluding steroid dienone is 1. The normalized spacial score (nSPS) is 44.4. The maximum absolute atomic E-state index is 12.3. The third-order valence-electron chi connectivity index (χ3n) is 9.82. The Morgan fingerprint density at radius 3 is 2.66 bits per heavy atom. The highest BCUT2D eigenvalue weighted by molar-refractivity contribution is 5.77. The number of hydrogen-bond acceptors (Lipinski definition) is 2. The van der Waals surface area contributed by atoms with E-state index in [4.69, 9.17) is 0 Å². The molecule has 1 saturated heterocycles. The molecule has 3 aliphatic carbocycles. The van der Waals surface area contributed by atoms with Crippen LogP contribution in [0.15, 0.2) is 30.5 Å². The van der Waals surface area contributed by atoms with E-state index in [9.17, 15) is 4.79 Å². The SMILES string of the molecule is CN1C(=O)CC[C@]2(C)[C@H]3CC[C@]4(C)[C@@H](/C=C/c5ccccn5)CC[C@H]4[C@@H]3CC[C@@H]12. The van der Waals surface area contributed by atoms with Crippen molar-refractivity contribution in [3.63, 3.8) is 0 Å². The molecule has 1 aromatic rings. The molecule has 29 heavy (non-hydrogen) atoms. The maximum Gasteiger partial charge on any atom is 0.222 e. The van der Waals surface area contributed by atoms with Crippen LogP contribution in [-0.2, 0) is 4.79 Å². The van der Waals surface area contributed by atoms with Crippen LogP contribution in [0.2, 0.25) is 0 Å². The molecule has 2 heterocycles. The summed E-state index contributed by atoms with van der Waals surface area (Å²) < 4.78 is 0. The third-order valence-corrected chi connectivity index (χ3v) is 9.82. The van der Waals surface area contributed by atoms with Gasteiger partial charge in [-0.3, -0.25) is 9.78 Å². The zero-order valence-corrected chi connectivity index (χ0v) is 18.3. The molecule has 0 aromatic carbocycles. The van der Waals surface area contributed by atoms with Crippen LogP contribution in [0.5, 0.6) is 0 Å². The number of carbonyl (C=O) groups is 1. The van der Waals surface area contributed by atoms with E-state index in [1.54, 1.807) is 0 Å². The fraction of sp³-hybridized carbons (Fsp3) is 0.692. The Hall–Kier alpha value is -1.64. The summed E-state index contributed by atoms with van der Waals surface area (Å²) >= 11 is 0. The molecule has 0 unspecified atom stereocenters. The molecule has 1 aromatic heterocycles. The predicted octanol–water partition coefficient (Wildman–Crippen LogP) is 5.57. The number of piperidine rings is 1. The van der Waals surface area contributed by atoms with Gasteiger partial charge in [0.1, 0.15) is 0 Å². The molecule has 3 saturated carbocycles. The van der Waals surface area contributed by atoms with Gasteiger partial charge >= 0.3 is 0 Å². The molecule has 4 fully saturated rings. The molecule has 0 N–H and O–H groups in total. The van der Waals surface area contributed by atoms with Gasteiger partial charge in [-0.15, -0.1) is 0 Å². The number of pyridine rings is 1. The minimum absolute atomic E-state index is 0.328. The van der Waals surface area contributed by atoms with Crippen molar-refractivity contribution in [2.75, 3.05) is 7.05 Å². The molecule has 0 spiro atoms. The monoisotopic (exact) mass is 392 g/mol. The van der Waals surface area contributed by atoms with Crippen molar-refractivity contribution in [3.8, 4) is 0 Å². The second-order valence-corrected chi connectivity index (χ2v) is 10.8. The first-order chi connectivity index (χ1) is 13.9. The van der Waals surface area contributed by atoms with Crippen LogP contribution >= 0.6 is 0 Å². The first-order valence-electron chi connectivity index (χ1n) is 11.8. The first-order valence-corrected chi connectivity index (χ1v) is 11.8. The lowest BCUT2D eigenvalue weighted by Crippen LogP contribution is -2.61. The number of fused-ring (bicyclic) bond motifs is 5. The molecule has 7 atom stereocenters. The summed E-state index contributed by atoms with van der Waals surface area (Å²) in [7, 11) is 2.06. The Morgan fingerprint density at radius 1 is 1.03 bits per heavy atom. The van der Waals surface area contributed by atoms with Crippen LogP contribution in [0.25, 0.3) is 6.08 Å². The van der Waals surface area contributed by atoms with Gasteiger partial charge in [0.25, 0.3) is 0 Å². The topological polar surface area (TPSA) is 33.2 Å². The average molecular weight is 393 g/mol. The summed E-state index contributed by atoms with van der Waals surface area (Å²) in [6.07, 6.45) is 16.4. The molecule has 4 aliphatic rings. The van der Waals surface area contributed by atoms with Gasteiger partial charge in [-0.25, -0.2) is 0 Å². The van der Waals surface area contributed by atoms with E-state index in [0.717, 1.165) is 36.3 Å². The molecule has 0 radical (unpaired) electrons. The molecular formula is C26H36N2O. The van der Waals surface area contributed by atoms with Gasteiger partial charge < -0.3 is 4.90 Å². The standard InChI is InChI=1S/C26H36N2O/c1-25-15-13-22-20(10-12-23-26(22,2)16-14-24(29)28(23)3)21(25)11-8-18(25)7-9-19-6-4-5-17-27-19/h4-7,9,17-18,20-23H,8,10-16H2,1-3H3/b9-7+/t18-,20-,21-,22-,23+,25+,26+/m0/s1. The lowest BCUT2D eigenvalue weighted by molar-refractivity contribution is -0.157. The van der Waals surface area contributed by atoms with Gasteiger partial charge in [0.2, 0.25) is 5.91 Å². The van der Waals surface area contributed by atoms with Gasteiger partial charge in [0.05, 0.1) is 5.69 Å². The fourth-order valence-electron chi connectivity index (χ4n) is 8.20. The molecule has 1 aliphatic heterocycles. The van der Waals surface area contributed by atoms with E-state index >= 15 is 0 Å². The number of rotatable bonds is 2. The van der Waals surface area contributed by atoms with Gasteiger partial charge in [-0.1, -0.05) is 26.0 Å². The van der Waals surface area contributed by atoms with Gasteiger partial charge in [0.15, 0.2) is 0 Å². The quantitative estimate of drug-likeness (QED) is 0.659. The van der Waals surface area contributed by atoms with E-state index in [0.29, 0.717) is 28.7 Å². The largest absolute Gasteiger partial charge is 0.342 e. The van der Waals surface area contributed by atoms with Crippen LogP contribution in [0.1, 0.15) is 70.9 Å². The summed E-state index contributed by atoms with van der Waals surface area (Å²) in [5, 5.41) is 0. The molecule has 3 heteroatoms. The van der Waals surface area contributed by atoms with Gasteiger partial charge in [0, 0.05) is 25.7 Å². The number of carbonyl (C=O) groups excluding carboxylic acids is 1. The highest BCUT2D eigenvalue weighted by Gasteiger charge is 2.60. The molecule has 5 rings (SSSR count). The number of hydrogen-bond donors (Lipinski definition) is 0. The van der Waals surface area contributed by atoms with Crippen LogP contribution in [0.4, 0.5) is 0 Å². The van der Waals surface area contributed by atoms with Crippen molar-refractivity contribution < 1.29 is 4.79 Å². The average Bonchev–Trinajstić information content (AvgIpc) is 3.07. The Kier molecular flexibility index (Phi) is 4.64. The van der Waals surface area contributed by atoms with Gasteiger partial charge in [-0.2, -0.15) is 0 Å². The van der Waals surface area contributed by atoms with E-state index in [1.165, 1.54) is 38.5 Å². The van der Waals surface area contributed by atoms with Crippen molar-refractivity contribution in [3.05, 3.63) is 36.2 Å². The first kappa shape index (κ1) is 19.3. The number of nitrogens with zero attached hydrogens (tertiary/aromatic N) is 2. The molecule has 156 valence electrons. The Labute approximate surface area is 176 Å².